The van der Waals surface area contributed by atoms with Crippen LogP contribution in [0.15, 0.2) is 0 Å². The second-order valence-electron chi connectivity index (χ2n) is 6.54. The highest BCUT2D eigenvalue weighted by Gasteiger charge is 2.44. The maximum absolute atomic E-state index is 6.64. The van der Waals surface area contributed by atoms with Gasteiger partial charge >= 0.3 is 0 Å². The molecule has 1 atom stereocenters. The molecule has 0 aromatic rings. The Hall–Kier alpha value is -0.120. The average molecular weight is 252 g/mol. The van der Waals surface area contributed by atoms with Gasteiger partial charge in [-0.1, -0.05) is 25.7 Å². The molecule has 0 bridgehead atoms. The topological polar surface area (TPSA) is 38.5 Å². The van der Waals surface area contributed by atoms with E-state index in [1.54, 1.807) is 0 Å². The van der Waals surface area contributed by atoms with E-state index >= 15 is 0 Å². The standard InChI is InChI=1S/C15H28N2O/c16-14(6-5-13-3-4-13)15(7-1-2-8-15)17-9-11-18-12-10-17/h13-14H,1-12,16H2. The van der Waals surface area contributed by atoms with E-state index in [0.29, 0.717) is 11.6 Å². The molecule has 3 fully saturated rings. The first-order valence-corrected chi connectivity index (χ1v) is 7.90. The Morgan fingerprint density at radius 1 is 1.17 bits per heavy atom. The number of hydrogen-bond acceptors (Lipinski definition) is 3. The Kier molecular flexibility index (Phi) is 3.92. The van der Waals surface area contributed by atoms with E-state index in [2.05, 4.69) is 4.90 Å². The lowest BCUT2D eigenvalue weighted by Crippen LogP contribution is -2.61. The number of ether oxygens (including phenoxy) is 1. The molecule has 1 saturated heterocycles. The van der Waals surface area contributed by atoms with Crippen molar-refractivity contribution in [2.75, 3.05) is 26.3 Å². The van der Waals surface area contributed by atoms with E-state index in [4.69, 9.17) is 10.5 Å². The van der Waals surface area contributed by atoms with Crippen LogP contribution in [-0.2, 0) is 4.74 Å². The highest BCUT2D eigenvalue weighted by molar-refractivity contribution is 5.03. The second-order valence-corrected chi connectivity index (χ2v) is 6.54. The third kappa shape index (κ3) is 2.59. The maximum atomic E-state index is 6.64. The van der Waals surface area contributed by atoms with Crippen molar-refractivity contribution in [3.8, 4) is 0 Å². The van der Waals surface area contributed by atoms with Gasteiger partial charge in [-0.15, -0.1) is 0 Å². The van der Waals surface area contributed by atoms with E-state index in [1.165, 1.54) is 51.4 Å². The van der Waals surface area contributed by atoms with Crippen LogP contribution in [0.5, 0.6) is 0 Å². The molecule has 0 aromatic carbocycles. The van der Waals surface area contributed by atoms with Gasteiger partial charge in [-0.25, -0.2) is 0 Å². The van der Waals surface area contributed by atoms with Gasteiger partial charge in [0.25, 0.3) is 0 Å². The first-order chi connectivity index (χ1) is 8.81. The van der Waals surface area contributed by atoms with Gasteiger partial charge in [-0.3, -0.25) is 4.90 Å². The summed E-state index contributed by atoms with van der Waals surface area (Å²) in [7, 11) is 0. The Morgan fingerprint density at radius 3 is 2.44 bits per heavy atom. The van der Waals surface area contributed by atoms with Crippen molar-refractivity contribution in [1.29, 1.82) is 0 Å². The fourth-order valence-corrected chi connectivity index (χ4v) is 4.01. The van der Waals surface area contributed by atoms with E-state index in [-0.39, 0.29) is 0 Å². The summed E-state index contributed by atoms with van der Waals surface area (Å²) in [6.07, 6.45) is 10.9. The Bertz CT molecular complexity index is 266. The van der Waals surface area contributed by atoms with Crippen LogP contribution >= 0.6 is 0 Å². The number of hydrogen-bond donors (Lipinski definition) is 1. The quantitative estimate of drug-likeness (QED) is 0.815. The highest BCUT2D eigenvalue weighted by atomic mass is 16.5. The third-order valence-corrected chi connectivity index (χ3v) is 5.38. The molecular weight excluding hydrogens is 224 g/mol. The smallest absolute Gasteiger partial charge is 0.0594 e. The summed E-state index contributed by atoms with van der Waals surface area (Å²) in [5.74, 6) is 1.01. The van der Waals surface area contributed by atoms with Crippen LogP contribution in [0.3, 0.4) is 0 Å². The van der Waals surface area contributed by atoms with Gasteiger partial charge in [-0.05, 0) is 31.6 Å². The molecule has 3 heteroatoms. The third-order valence-electron chi connectivity index (χ3n) is 5.38. The fraction of sp³-hybridized carbons (Fsp3) is 1.00. The summed E-state index contributed by atoms with van der Waals surface area (Å²) in [5.41, 5.74) is 6.96. The van der Waals surface area contributed by atoms with Crippen LogP contribution in [0.2, 0.25) is 0 Å². The number of nitrogens with zero attached hydrogens (tertiary/aromatic N) is 1. The molecule has 2 saturated carbocycles. The average Bonchev–Trinajstić information content (AvgIpc) is 3.11. The molecule has 0 amide bonds. The Balaban J connectivity index is 1.63. The van der Waals surface area contributed by atoms with Gasteiger partial charge in [-0.2, -0.15) is 0 Å². The van der Waals surface area contributed by atoms with Crippen molar-refractivity contribution < 1.29 is 4.74 Å². The van der Waals surface area contributed by atoms with Gasteiger partial charge in [0.1, 0.15) is 0 Å². The summed E-state index contributed by atoms with van der Waals surface area (Å²) in [6.45, 7) is 3.99. The zero-order valence-electron chi connectivity index (χ0n) is 11.6. The summed E-state index contributed by atoms with van der Waals surface area (Å²) < 4.78 is 5.51. The summed E-state index contributed by atoms with van der Waals surface area (Å²) >= 11 is 0. The predicted octanol–water partition coefficient (Wildman–Crippen LogP) is 2.15. The van der Waals surface area contributed by atoms with E-state index in [0.717, 1.165) is 32.2 Å². The summed E-state index contributed by atoms with van der Waals surface area (Å²) in [5, 5.41) is 0. The molecule has 3 nitrogen and oxygen atoms in total. The molecule has 1 aliphatic heterocycles. The van der Waals surface area contributed by atoms with Crippen LogP contribution in [0.4, 0.5) is 0 Å². The van der Waals surface area contributed by atoms with Gasteiger partial charge in [0.2, 0.25) is 0 Å². The minimum Gasteiger partial charge on any atom is -0.379 e. The highest BCUT2D eigenvalue weighted by Crippen LogP contribution is 2.41. The minimum atomic E-state index is 0.318. The molecule has 0 aromatic heterocycles. The van der Waals surface area contributed by atoms with Crippen molar-refractivity contribution in [3.05, 3.63) is 0 Å². The van der Waals surface area contributed by atoms with Crippen molar-refractivity contribution in [1.82, 2.24) is 4.90 Å². The first-order valence-electron chi connectivity index (χ1n) is 7.90. The van der Waals surface area contributed by atoms with Gasteiger partial charge in [0.15, 0.2) is 0 Å². The van der Waals surface area contributed by atoms with Gasteiger partial charge in [0.05, 0.1) is 13.2 Å². The molecule has 104 valence electrons. The van der Waals surface area contributed by atoms with Gasteiger partial charge in [0, 0.05) is 24.7 Å². The molecule has 1 unspecified atom stereocenters. The molecular formula is C15H28N2O. The molecule has 1 heterocycles. The van der Waals surface area contributed by atoms with Crippen molar-refractivity contribution in [2.24, 2.45) is 11.7 Å². The molecule has 0 spiro atoms. The SMILES string of the molecule is NC(CCC1CC1)C1(N2CCOCC2)CCCC1. The van der Waals surface area contributed by atoms with Crippen molar-refractivity contribution >= 4 is 0 Å². The first kappa shape index (κ1) is 12.9. The minimum absolute atomic E-state index is 0.318. The van der Waals surface area contributed by atoms with Crippen molar-refractivity contribution in [3.63, 3.8) is 0 Å². The maximum Gasteiger partial charge on any atom is 0.0594 e. The van der Waals surface area contributed by atoms with E-state index < -0.39 is 0 Å². The molecule has 18 heavy (non-hydrogen) atoms. The van der Waals surface area contributed by atoms with Crippen LogP contribution < -0.4 is 5.73 Å². The van der Waals surface area contributed by atoms with E-state index in [9.17, 15) is 0 Å². The predicted molar refractivity (Wildman–Crippen MR) is 73.5 cm³/mol. The lowest BCUT2D eigenvalue weighted by molar-refractivity contribution is -0.0319. The lowest BCUT2D eigenvalue weighted by atomic mass is 9.83. The zero-order valence-corrected chi connectivity index (χ0v) is 11.6. The zero-order chi connectivity index (χ0) is 12.4. The molecule has 3 aliphatic rings. The Morgan fingerprint density at radius 2 is 1.83 bits per heavy atom. The lowest BCUT2D eigenvalue weighted by Gasteiger charge is -2.47. The number of morpholine rings is 1. The van der Waals surface area contributed by atoms with E-state index in [1.807, 2.05) is 0 Å². The number of nitrogens with two attached hydrogens (primary N) is 1. The monoisotopic (exact) mass is 252 g/mol. The number of rotatable bonds is 5. The van der Waals surface area contributed by atoms with Crippen LogP contribution in [0.25, 0.3) is 0 Å². The molecule has 0 radical (unpaired) electrons. The van der Waals surface area contributed by atoms with Crippen LogP contribution in [0, 0.1) is 5.92 Å². The fourth-order valence-electron chi connectivity index (χ4n) is 4.01. The molecule has 2 aliphatic carbocycles. The van der Waals surface area contributed by atoms with Crippen LogP contribution in [0.1, 0.15) is 51.4 Å². The van der Waals surface area contributed by atoms with Gasteiger partial charge < -0.3 is 10.5 Å². The normalized spacial score (nSPS) is 30.5. The van der Waals surface area contributed by atoms with Crippen LogP contribution in [-0.4, -0.2) is 42.8 Å². The molecule has 3 rings (SSSR count). The summed E-state index contributed by atoms with van der Waals surface area (Å²) in [6, 6.07) is 0.388. The largest absolute Gasteiger partial charge is 0.379 e. The molecule has 2 N–H and O–H groups in total. The van der Waals surface area contributed by atoms with Crippen molar-refractivity contribution in [2.45, 2.75) is 62.9 Å². The Labute approximate surface area is 111 Å². The second kappa shape index (κ2) is 5.48. The summed E-state index contributed by atoms with van der Waals surface area (Å²) in [4.78, 5) is 2.67.